The average Bonchev–Trinajstić information content (AvgIpc) is 2.35. The molecule has 1 saturated heterocycles. The molecule has 2 atom stereocenters. The van der Waals surface area contributed by atoms with Crippen molar-refractivity contribution in [3.05, 3.63) is 0 Å². The van der Waals surface area contributed by atoms with Crippen molar-refractivity contribution in [2.45, 2.75) is 26.4 Å². The van der Waals surface area contributed by atoms with Gasteiger partial charge in [-0.2, -0.15) is 0 Å². The molecule has 3 heteroatoms. The van der Waals surface area contributed by atoms with Gasteiger partial charge in [0.15, 0.2) is 0 Å². The molecule has 1 aliphatic heterocycles. The zero-order valence-corrected chi connectivity index (χ0v) is 8.75. The van der Waals surface area contributed by atoms with Gasteiger partial charge in [-0.15, -0.1) is 0 Å². The van der Waals surface area contributed by atoms with E-state index in [-0.39, 0.29) is 17.4 Å². The number of aliphatic hydroxyl groups excluding tert-OH is 1. The number of aliphatic hydroxyl groups is 1. The first kappa shape index (κ1) is 11.0. The Morgan fingerprint density at radius 3 is 2.62 bits per heavy atom. The van der Waals surface area contributed by atoms with E-state index in [0.717, 1.165) is 13.0 Å². The highest BCUT2D eigenvalue weighted by molar-refractivity contribution is 4.80. The fourth-order valence-electron chi connectivity index (χ4n) is 1.94. The summed E-state index contributed by atoms with van der Waals surface area (Å²) in [7, 11) is 1.71. The molecule has 1 fully saturated rings. The molecule has 1 heterocycles. The molecule has 1 aliphatic rings. The van der Waals surface area contributed by atoms with Crippen LogP contribution in [-0.4, -0.2) is 38.1 Å². The van der Waals surface area contributed by atoms with Crippen LogP contribution >= 0.6 is 0 Å². The molecule has 3 nitrogen and oxygen atoms in total. The van der Waals surface area contributed by atoms with Gasteiger partial charge in [0.05, 0.1) is 25.9 Å². The standard InChI is InChI=1S/C10H20O3/c1-10(2,7-12-3)4-8-5-13-6-9(8)11/h8-9,11H,4-7H2,1-3H3/t8-,9-/m1/s1. The fourth-order valence-corrected chi connectivity index (χ4v) is 1.94. The van der Waals surface area contributed by atoms with Crippen LogP contribution in [0, 0.1) is 11.3 Å². The summed E-state index contributed by atoms with van der Waals surface area (Å²) in [5.41, 5.74) is 0.133. The van der Waals surface area contributed by atoms with Crippen molar-refractivity contribution < 1.29 is 14.6 Å². The maximum absolute atomic E-state index is 9.55. The van der Waals surface area contributed by atoms with Gasteiger partial charge in [0.2, 0.25) is 0 Å². The molecule has 1 rings (SSSR count). The molecular weight excluding hydrogens is 168 g/mol. The second kappa shape index (κ2) is 4.40. The van der Waals surface area contributed by atoms with Gasteiger partial charge in [-0.05, 0) is 11.8 Å². The normalized spacial score (nSPS) is 29.5. The molecule has 0 saturated carbocycles. The molecule has 0 aliphatic carbocycles. The van der Waals surface area contributed by atoms with Crippen LogP contribution in [0.1, 0.15) is 20.3 Å². The van der Waals surface area contributed by atoms with Gasteiger partial charge < -0.3 is 14.6 Å². The molecule has 13 heavy (non-hydrogen) atoms. The summed E-state index contributed by atoms with van der Waals surface area (Å²) in [6.45, 7) is 6.22. The van der Waals surface area contributed by atoms with E-state index in [1.807, 2.05) is 0 Å². The number of ether oxygens (including phenoxy) is 2. The van der Waals surface area contributed by atoms with Crippen LogP contribution in [0.25, 0.3) is 0 Å². The largest absolute Gasteiger partial charge is 0.390 e. The summed E-state index contributed by atoms with van der Waals surface area (Å²) in [5.74, 6) is 0.283. The van der Waals surface area contributed by atoms with E-state index in [0.29, 0.717) is 13.2 Å². The molecule has 78 valence electrons. The van der Waals surface area contributed by atoms with Crippen molar-refractivity contribution in [2.75, 3.05) is 26.9 Å². The van der Waals surface area contributed by atoms with E-state index in [9.17, 15) is 5.11 Å². The lowest BCUT2D eigenvalue weighted by molar-refractivity contribution is 0.0606. The molecule has 0 unspecified atom stereocenters. The summed E-state index contributed by atoms with van der Waals surface area (Å²) in [6, 6.07) is 0. The van der Waals surface area contributed by atoms with Crippen molar-refractivity contribution in [1.82, 2.24) is 0 Å². The van der Waals surface area contributed by atoms with Crippen LogP contribution in [0.4, 0.5) is 0 Å². The Balaban J connectivity index is 2.37. The van der Waals surface area contributed by atoms with Crippen LogP contribution in [0.2, 0.25) is 0 Å². The minimum Gasteiger partial charge on any atom is -0.390 e. The van der Waals surface area contributed by atoms with Crippen molar-refractivity contribution in [3.8, 4) is 0 Å². The SMILES string of the molecule is COCC(C)(C)C[C@@H]1COC[C@H]1O. The molecule has 0 bridgehead atoms. The highest BCUT2D eigenvalue weighted by atomic mass is 16.5. The first-order valence-electron chi connectivity index (χ1n) is 4.80. The van der Waals surface area contributed by atoms with Crippen molar-refractivity contribution in [2.24, 2.45) is 11.3 Å². The van der Waals surface area contributed by atoms with Crippen molar-refractivity contribution >= 4 is 0 Å². The molecular formula is C10H20O3. The predicted molar refractivity (Wildman–Crippen MR) is 50.6 cm³/mol. The summed E-state index contributed by atoms with van der Waals surface area (Å²) in [5, 5.41) is 9.55. The Morgan fingerprint density at radius 2 is 2.15 bits per heavy atom. The van der Waals surface area contributed by atoms with Crippen LogP contribution in [-0.2, 0) is 9.47 Å². The summed E-state index contributed by atoms with van der Waals surface area (Å²) >= 11 is 0. The van der Waals surface area contributed by atoms with Gasteiger partial charge in [0.1, 0.15) is 0 Å². The Morgan fingerprint density at radius 1 is 1.46 bits per heavy atom. The maximum atomic E-state index is 9.55. The van der Waals surface area contributed by atoms with Gasteiger partial charge in [-0.1, -0.05) is 13.8 Å². The minimum absolute atomic E-state index is 0.133. The summed E-state index contributed by atoms with van der Waals surface area (Å²) in [4.78, 5) is 0. The van der Waals surface area contributed by atoms with Gasteiger partial charge >= 0.3 is 0 Å². The third kappa shape index (κ3) is 3.25. The third-order valence-corrected chi connectivity index (χ3v) is 2.51. The zero-order valence-electron chi connectivity index (χ0n) is 8.75. The molecule has 0 radical (unpaired) electrons. The lowest BCUT2D eigenvalue weighted by Crippen LogP contribution is -2.28. The molecule has 1 N–H and O–H groups in total. The van der Waals surface area contributed by atoms with E-state index in [1.54, 1.807) is 7.11 Å². The van der Waals surface area contributed by atoms with Crippen LogP contribution in [0.3, 0.4) is 0 Å². The molecule has 0 aromatic carbocycles. The second-order valence-electron chi connectivity index (χ2n) is 4.67. The lowest BCUT2D eigenvalue weighted by Gasteiger charge is -2.27. The van der Waals surface area contributed by atoms with Crippen LogP contribution in [0.5, 0.6) is 0 Å². The Hall–Kier alpha value is -0.120. The van der Waals surface area contributed by atoms with E-state index >= 15 is 0 Å². The molecule has 0 spiro atoms. The Kier molecular flexibility index (Phi) is 3.71. The van der Waals surface area contributed by atoms with E-state index in [4.69, 9.17) is 9.47 Å². The van der Waals surface area contributed by atoms with Gasteiger partial charge in [-0.3, -0.25) is 0 Å². The third-order valence-electron chi connectivity index (χ3n) is 2.51. The fraction of sp³-hybridized carbons (Fsp3) is 1.00. The summed E-state index contributed by atoms with van der Waals surface area (Å²) in [6.07, 6.45) is 0.679. The topological polar surface area (TPSA) is 38.7 Å². The molecule has 0 aromatic heterocycles. The smallest absolute Gasteiger partial charge is 0.0823 e. The second-order valence-corrected chi connectivity index (χ2v) is 4.67. The lowest BCUT2D eigenvalue weighted by atomic mass is 9.82. The average molecular weight is 188 g/mol. The van der Waals surface area contributed by atoms with Gasteiger partial charge in [0.25, 0.3) is 0 Å². The quantitative estimate of drug-likeness (QED) is 0.717. The number of hydrogen-bond donors (Lipinski definition) is 1. The summed E-state index contributed by atoms with van der Waals surface area (Å²) < 4.78 is 10.3. The highest BCUT2D eigenvalue weighted by Crippen LogP contribution is 2.30. The Labute approximate surface area is 80.0 Å². The van der Waals surface area contributed by atoms with Crippen LogP contribution in [0.15, 0.2) is 0 Å². The Bertz CT molecular complexity index is 156. The van der Waals surface area contributed by atoms with Crippen molar-refractivity contribution in [1.29, 1.82) is 0 Å². The number of rotatable bonds is 4. The number of hydrogen-bond acceptors (Lipinski definition) is 3. The zero-order chi connectivity index (χ0) is 9.90. The maximum Gasteiger partial charge on any atom is 0.0823 e. The first-order chi connectivity index (χ1) is 6.05. The monoisotopic (exact) mass is 188 g/mol. The van der Waals surface area contributed by atoms with E-state index in [1.165, 1.54) is 0 Å². The van der Waals surface area contributed by atoms with Crippen molar-refractivity contribution in [3.63, 3.8) is 0 Å². The van der Waals surface area contributed by atoms with Gasteiger partial charge in [-0.25, -0.2) is 0 Å². The predicted octanol–water partition coefficient (Wildman–Crippen LogP) is 1.06. The van der Waals surface area contributed by atoms with E-state index in [2.05, 4.69) is 13.8 Å². The molecule has 0 amide bonds. The highest BCUT2D eigenvalue weighted by Gasteiger charge is 2.32. The number of methoxy groups -OCH3 is 1. The van der Waals surface area contributed by atoms with E-state index < -0.39 is 0 Å². The minimum atomic E-state index is -0.281. The van der Waals surface area contributed by atoms with Crippen LogP contribution < -0.4 is 0 Å². The first-order valence-corrected chi connectivity index (χ1v) is 4.80. The van der Waals surface area contributed by atoms with Gasteiger partial charge in [0, 0.05) is 13.0 Å². The molecule has 0 aromatic rings.